The molecular weight excluding hydrogens is 298 g/mol. The molecular formula is C21H25NO2. The van der Waals surface area contributed by atoms with Crippen LogP contribution in [0.2, 0.25) is 0 Å². The number of amides is 2. The number of hydrogen-bond acceptors (Lipinski definition) is 2. The summed E-state index contributed by atoms with van der Waals surface area (Å²) in [5, 5.41) is 0. The Labute approximate surface area is 143 Å². The molecule has 1 aromatic rings. The van der Waals surface area contributed by atoms with Crippen LogP contribution in [0.15, 0.2) is 36.4 Å². The van der Waals surface area contributed by atoms with E-state index in [0.717, 1.165) is 24.1 Å². The molecule has 24 heavy (non-hydrogen) atoms. The molecule has 2 fully saturated rings. The van der Waals surface area contributed by atoms with E-state index in [9.17, 15) is 9.59 Å². The van der Waals surface area contributed by atoms with Crippen molar-refractivity contribution in [1.82, 2.24) is 0 Å². The van der Waals surface area contributed by atoms with Crippen molar-refractivity contribution in [3.05, 3.63) is 42.0 Å². The van der Waals surface area contributed by atoms with Gasteiger partial charge >= 0.3 is 0 Å². The number of carbonyl (C=O) groups is 2. The Kier molecular flexibility index (Phi) is 3.13. The van der Waals surface area contributed by atoms with Crippen molar-refractivity contribution in [3.63, 3.8) is 0 Å². The van der Waals surface area contributed by atoms with E-state index in [2.05, 4.69) is 32.9 Å². The first-order chi connectivity index (χ1) is 11.3. The second kappa shape index (κ2) is 4.81. The minimum Gasteiger partial charge on any atom is -0.274 e. The first-order valence-electron chi connectivity index (χ1n) is 8.96. The second-order valence-corrected chi connectivity index (χ2v) is 8.36. The Morgan fingerprint density at radius 2 is 1.71 bits per heavy atom. The summed E-state index contributed by atoms with van der Waals surface area (Å²) in [5.41, 5.74) is 1.36. The molecule has 0 N–H and O–H groups in total. The first kappa shape index (κ1) is 15.6. The third kappa shape index (κ3) is 1.73. The molecule has 0 spiro atoms. The molecule has 0 unspecified atom stereocenters. The van der Waals surface area contributed by atoms with Crippen LogP contribution >= 0.6 is 0 Å². The van der Waals surface area contributed by atoms with Crippen LogP contribution in [0, 0.1) is 35.5 Å². The molecule has 1 saturated heterocycles. The second-order valence-electron chi connectivity index (χ2n) is 8.36. The molecule has 3 nitrogen and oxygen atoms in total. The van der Waals surface area contributed by atoms with Gasteiger partial charge in [0, 0.05) is 5.41 Å². The maximum absolute atomic E-state index is 13.4. The summed E-state index contributed by atoms with van der Waals surface area (Å²) >= 11 is 0. The van der Waals surface area contributed by atoms with Gasteiger partial charge in [-0.3, -0.25) is 9.59 Å². The largest absolute Gasteiger partial charge is 0.274 e. The van der Waals surface area contributed by atoms with E-state index < -0.39 is 0 Å². The SMILES string of the molecule is Cc1ccccc1N1C(=O)[C@H]2[C@H](C1=O)[C@@]1(C(C)C)C=C[C@@]2(C)CC1. The van der Waals surface area contributed by atoms with Crippen LogP contribution < -0.4 is 4.90 Å². The van der Waals surface area contributed by atoms with E-state index in [4.69, 9.17) is 0 Å². The van der Waals surface area contributed by atoms with E-state index in [-0.39, 0.29) is 34.5 Å². The molecule has 0 aromatic heterocycles. The minimum atomic E-state index is -0.217. The predicted octanol–water partition coefficient (Wildman–Crippen LogP) is 4.11. The van der Waals surface area contributed by atoms with E-state index >= 15 is 0 Å². The molecule has 4 aliphatic rings. The number of imide groups is 1. The number of para-hydroxylation sites is 1. The number of allylic oxidation sites excluding steroid dienone is 2. The molecule has 2 bridgehead atoms. The minimum absolute atomic E-state index is 0.00303. The predicted molar refractivity (Wildman–Crippen MR) is 94.4 cm³/mol. The zero-order chi connectivity index (χ0) is 17.3. The number of anilines is 1. The smallest absolute Gasteiger partial charge is 0.238 e. The molecule has 5 rings (SSSR count). The Bertz CT molecular complexity index is 765. The Hall–Kier alpha value is -1.90. The Balaban J connectivity index is 1.88. The molecule has 1 saturated carbocycles. The van der Waals surface area contributed by atoms with Gasteiger partial charge in [-0.05, 0) is 42.7 Å². The summed E-state index contributed by atoms with van der Waals surface area (Å²) in [6, 6.07) is 7.70. The lowest BCUT2D eigenvalue weighted by Gasteiger charge is -2.55. The number of hydrogen-bond donors (Lipinski definition) is 0. The maximum atomic E-state index is 13.4. The lowest BCUT2D eigenvalue weighted by Crippen LogP contribution is -2.53. The van der Waals surface area contributed by atoms with E-state index in [1.165, 1.54) is 4.90 Å². The average Bonchev–Trinajstić information content (AvgIpc) is 2.83. The maximum Gasteiger partial charge on any atom is 0.238 e. The zero-order valence-corrected chi connectivity index (χ0v) is 14.9. The number of fused-ring (bicyclic) bond motifs is 1. The van der Waals surface area contributed by atoms with Gasteiger partial charge in [0.25, 0.3) is 0 Å². The number of rotatable bonds is 2. The summed E-state index contributed by atoms with van der Waals surface area (Å²) in [6.45, 7) is 8.48. The lowest BCUT2D eigenvalue weighted by molar-refractivity contribution is -0.135. The van der Waals surface area contributed by atoms with Gasteiger partial charge < -0.3 is 0 Å². The topological polar surface area (TPSA) is 37.4 Å². The number of nitrogens with zero attached hydrogens (tertiary/aromatic N) is 1. The van der Waals surface area contributed by atoms with Gasteiger partial charge in [0.2, 0.25) is 11.8 Å². The quantitative estimate of drug-likeness (QED) is 0.606. The fraction of sp³-hybridized carbons (Fsp3) is 0.524. The molecule has 1 aromatic carbocycles. The van der Waals surface area contributed by atoms with Gasteiger partial charge in [0.05, 0.1) is 17.5 Å². The molecule has 3 heteroatoms. The van der Waals surface area contributed by atoms with Crippen molar-refractivity contribution in [2.75, 3.05) is 4.90 Å². The van der Waals surface area contributed by atoms with Crippen LogP contribution in [0.5, 0.6) is 0 Å². The highest BCUT2D eigenvalue weighted by Crippen LogP contribution is 2.64. The summed E-state index contributed by atoms with van der Waals surface area (Å²) in [7, 11) is 0. The van der Waals surface area contributed by atoms with Crippen LogP contribution in [0.1, 0.15) is 39.2 Å². The summed E-state index contributed by atoms with van der Waals surface area (Å²) in [5.74, 6) is -0.0852. The fourth-order valence-electron chi connectivity index (χ4n) is 5.28. The van der Waals surface area contributed by atoms with Crippen LogP contribution in [0.25, 0.3) is 0 Å². The van der Waals surface area contributed by atoms with Crippen molar-refractivity contribution in [2.45, 2.75) is 40.5 Å². The average molecular weight is 323 g/mol. The van der Waals surface area contributed by atoms with Crippen LogP contribution in [0.4, 0.5) is 5.69 Å². The molecule has 1 heterocycles. The lowest BCUT2D eigenvalue weighted by atomic mass is 9.46. The van der Waals surface area contributed by atoms with Gasteiger partial charge in [-0.25, -0.2) is 4.90 Å². The number of aryl methyl sites for hydroxylation is 1. The van der Waals surface area contributed by atoms with Gasteiger partial charge in [0.15, 0.2) is 0 Å². The van der Waals surface area contributed by atoms with E-state index in [1.807, 2.05) is 31.2 Å². The summed E-state index contributed by atoms with van der Waals surface area (Å²) in [4.78, 5) is 28.2. The van der Waals surface area contributed by atoms with Gasteiger partial charge in [-0.2, -0.15) is 0 Å². The summed E-state index contributed by atoms with van der Waals surface area (Å²) in [6.07, 6.45) is 6.47. The Morgan fingerprint density at radius 3 is 2.29 bits per heavy atom. The fourth-order valence-corrected chi connectivity index (χ4v) is 5.28. The van der Waals surface area contributed by atoms with Crippen LogP contribution in [-0.4, -0.2) is 11.8 Å². The van der Waals surface area contributed by atoms with Crippen molar-refractivity contribution >= 4 is 17.5 Å². The van der Waals surface area contributed by atoms with Gasteiger partial charge in [-0.1, -0.05) is 51.1 Å². The molecule has 126 valence electrons. The van der Waals surface area contributed by atoms with Gasteiger partial charge in [0.1, 0.15) is 0 Å². The van der Waals surface area contributed by atoms with Crippen molar-refractivity contribution in [1.29, 1.82) is 0 Å². The van der Waals surface area contributed by atoms with E-state index in [1.54, 1.807) is 0 Å². The van der Waals surface area contributed by atoms with Crippen LogP contribution in [0.3, 0.4) is 0 Å². The monoisotopic (exact) mass is 323 g/mol. The first-order valence-corrected chi connectivity index (χ1v) is 8.96. The standard InChI is InChI=1S/C21H25NO2/c1-13(2)21-11-9-20(4,10-12-21)16-17(21)19(24)22(18(16)23)15-8-6-5-7-14(15)3/h5-9,11,13,16-17H,10,12H2,1-4H3/t16-,17-,20+,21+/m1/s1. The third-order valence-corrected chi connectivity index (χ3v) is 6.90. The Morgan fingerprint density at radius 1 is 1.04 bits per heavy atom. The molecule has 3 aliphatic carbocycles. The highest BCUT2D eigenvalue weighted by molar-refractivity contribution is 6.23. The van der Waals surface area contributed by atoms with Gasteiger partial charge in [-0.15, -0.1) is 0 Å². The zero-order valence-electron chi connectivity index (χ0n) is 14.9. The molecule has 4 atom stereocenters. The normalized spacial score (nSPS) is 37.5. The van der Waals surface area contributed by atoms with Crippen molar-refractivity contribution < 1.29 is 9.59 Å². The third-order valence-electron chi connectivity index (χ3n) is 6.90. The molecule has 0 radical (unpaired) electrons. The van der Waals surface area contributed by atoms with Crippen molar-refractivity contribution in [2.24, 2.45) is 28.6 Å². The number of carbonyl (C=O) groups excluding carboxylic acids is 2. The number of benzene rings is 1. The highest BCUT2D eigenvalue weighted by atomic mass is 16.2. The van der Waals surface area contributed by atoms with Crippen LogP contribution in [-0.2, 0) is 9.59 Å². The van der Waals surface area contributed by atoms with Crippen molar-refractivity contribution in [3.8, 4) is 0 Å². The summed E-state index contributed by atoms with van der Waals surface area (Å²) < 4.78 is 0. The molecule has 2 amide bonds. The highest BCUT2D eigenvalue weighted by Gasteiger charge is 2.67. The molecule has 1 aliphatic heterocycles. The van der Waals surface area contributed by atoms with E-state index in [0.29, 0.717) is 5.92 Å².